The number of hydrogen-bond donors (Lipinski definition) is 1. The maximum absolute atomic E-state index is 11.5. The summed E-state index contributed by atoms with van der Waals surface area (Å²) >= 11 is 0. The van der Waals surface area contributed by atoms with Gasteiger partial charge in [-0.15, -0.1) is 24.8 Å². The second kappa shape index (κ2) is 8.97. The largest absolute Gasteiger partial charge is 0.349 e. The van der Waals surface area contributed by atoms with E-state index < -0.39 is 0 Å². The van der Waals surface area contributed by atoms with Crippen molar-refractivity contribution in [3.05, 3.63) is 0 Å². The quantitative estimate of drug-likeness (QED) is 0.849. The number of amides is 1. The molecule has 0 aliphatic carbocycles. The molecule has 0 spiro atoms. The maximum atomic E-state index is 11.5. The standard InChI is InChI=1S/C12H25N3O.2ClH/c1-9(2)10-7-15(8-11(10)13)6-5-12(16)14(3)4;;/h9-11H,5-8,13H2,1-4H3;2*1H/t10-,11+;;/m1../s1. The van der Waals surface area contributed by atoms with Crippen LogP contribution in [0, 0.1) is 11.8 Å². The first-order chi connectivity index (χ1) is 7.41. The van der Waals surface area contributed by atoms with E-state index in [-0.39, 0.29) is 36.8 Å². The molecule has 0 radical (unpaired) electrons. The Balaban J connectivity index is 0. The highest BCUT2D eigenvalue weighted by Gasteiger charge is 2.31. The monoisotopic (exact) mass is 299 g/mol. The Morgan fingerprint density at radius 1 is 1.33 bits per heavy atom. The highest BCUT2D eigenvalue weighted by atomic mass is 35.5. The molecule has 1 aliphatic rings. The fourth-order valence-electron chi connectivity index (χ4n) is 2.31. The van der Waals surface area contributed by atoms with Gasteiger partial charge in [-0.2, -0.15) is 0 Å². The molecule has 1 heterocycles. The minimum atomic E-state index is 0. The molecule has 110 valence electrons. The smallest absolute Gasteiger partial charge is 0.223 e. The van der Waals surface area contributed by atoms with Gasteiger partial charge in [-0.1, -0.05) is 13.8 Å². The number of rotatable bonds is 4. The van der Waals surface area contributed by atoms with Gasteiger partial charge in [0, 0.05) is 46.2 Å². The topological polar surface area (TPSA) is 49.6 Å². The molecule has 0 aromatic rings. The zero-order valence-electron chi connectivity index (χ0n) is 11.8. The molecule has 0 bridgehead atoms. The molecule has 1 saturated heterocycles. The molecule has 0 unspecified atom stereocenters. The summed E-state index contributed by atoms with van der Waals surface area (Å²) in [7, 11) is 3.60. The second-order valence-electron chi connectivity index (χ2n) is 5.37. The van der Waals surface area contributed by atoms with Crippen molar-refractivity contribution in [2.24, 2.45) is 17.6 Å². The molecule has 4 nitrogen and oxygen atoms in total. The fourth-order valence-corrected chi connectivity index (χ4v) is 2.31. The van der Waals surface area contributed by atoms with E-state index in [9.17, 15) is 4.79 Å². The Morgan fingerprint density at radius 3 is 2.28 bits per heavy atom. The zero-order valence-corrected chi connectivity index (χ0v) is 13.4. The van der Waals surface area contributed by atoms with Gasteiger partial charge in [-0.25, -0.2) is 0 Å². The third kappa shape index (κ3) is 5.74. The zero-order chi connectivity index (χ0) is 12.3. The van der Waals surface area contributed by atoms with Crippen LogP contribution in [0.5, 0.6) is 0 Å². The van der Waals surface area contributed by atoms with Crippen molar-refractivity contribution in [1.82, 2.24) is 9.80 Å². The van der Waals surface area contributed by atoms with E-state index in [0.717, 1.165) is 19.6 Å². The molecule has 1 aliphatic heterocycles. The lowest BCUT2D eigenvalue weighted by Crippen LogP contribution is -2.32. The highest BCUT2D eigenvalue weighted by Crippen LogP contribution is 2.22. The molecule has 1 amide bonds. The van der Waals surface area contributed by atoms with Gasteiger partial charge in [0.2, 0.25) is 5.91 Å². The number of nitrogens with zero attached hydrogens (tertiary/aromatic N) is 2. The molecule has 0 aromatic heterocycles. The first-order valence-corrected chi connectivity index (χ1v) is 6.10. The Kier molecular flexibility index (Phi) is 10.1. The number of carbonyl (C=O) groups excluding carboxylic acids is 1. The maximum Gasteiger partial charge on any atom is 0.223 e. The van der Waals surface area contributed by atoms with Crippen molar-refractivity contribution in [1.29, 1.82) is 0 Å². The van der Waals surface area contributed by atoms with Crippen LogP contribution in [0.1, 0.15) is 20.3 Å². The predicted octanol–water partition coefficient (Wildman–Crippen LogP) is 1.22. The summed E-state index contributed by atoms with van der Waals surface area (Å²) in [4.78, 5) is 15.4. The van der Waals surface area contributed by atoms with Crippen LogP contribution >= 0.6 is 24.8 Å². The molecular formula is C12H27Cl2N3O. The molecular weight excluding hydrogens is 273 g/mol. The first-order valence-electron chi connectivity index (χ1n) is 6.10. The lowest BCUT2D eigenvalue weighted by atomic mass is 9.92. The molecule has 1 fully saturated rings. The lowest BCUT2D eigenvalue weighted by molar-refractivity contribution is -0.128. The summed E-state index contributed by atoms with van der Waals surface area (Å²) < 4.78 is 0. The van der Waals surface area contributed by atoms with E-state index >= 15 is 0 Å². The van der Waals surface area contributed by atoms with Crippen LogP contribution in [0.25, 0.3) is 0 Å². The number of likely N-dealkylation sites (tertiary alicyclic amines) is 1. The minimum absolute atomic E-state index is 0. The van der Waals surface area contributed by atoms with Gasteiger partial charge in [0.05, 0.1) is 0 Å². The Labute approximate surface area is 123 Å². The molecule has 0 aromatic carbocycles. The van der Waals surface area contributed by atoms with E-state index in [0.29, 0.717) is 18.3 Å². The van der Waals surface area contributed by atoms with Gasteiger partial charge in [-0.3, -0.25) is 4.79 Å². The average Bonchev–Trinajstić information content (AvgIpc) is 2.56. The van der Waals surface area contributed by atoms with E-state index in [4.69, 9.17) is 5.73 Å². The normalized spacial score (nSPS) is 23.4. The highest BCUT2D eigenvalue weighted by molar-refractivity contribution is 5.85. The van der Waals surface area contributed by atoms with Crippen LogP contribution in [0.4, 0.5) is 0 Å². The molecule has 2 atom stereocenters. The molecule has 1 rings (SSSR count). The number of hydrogen-bond acceptors (Lipinski definition) is 3. The summed E-state index contributed by atoms with van der Waals surface area (Å²) in [6.45, 7) is 7.26. The molecule has 2 N–H and O–H groups in total. The molecule has 18 heavy (non-hydrogen) atoms. The van der Waals surface area contributed by atoms with Crippen molar-refractivity contribution in [3.8, 4) is 0 Å². The van der Waals surface area contributed by atoms with Crippen molar-refractivity contribution in [3.63, 3.8) is 0 Å². The van der Waals surface area contributed by atoms with Crippen LogP contribution in [0.2, 0.25) is 0 Å². The Morgan fingerprint density at radius 2 is 1.89 bits per heavy atom. The summed E-state index contributed by atoms with van der Waals surface area (Å²) in [5.74, 6) is 1.40. The third-order valence-electron chi connectivity index (χ3n) is 3.48. The van der Waals surface area contributed by atoms with Crippen LogP contribution in [-0.4, -0.2) is 55.5 Å². The summed E-state index contributed by atoms with van der Waals surface area (Å²) in [6.07, 6.45) is 0.602. The number of carbonyl (C=O) groups is 1. The van der Waals surface area contributed by atoms with Crippen molar-refractivity contribution in [2.75, 3.05) is 33.7 Å². The predicted molar refractivity (Wildman–Crippen MR) is 80.6 cm³/mol. The molecule has 0 saturated carbocycles. The number of nitrogens with two attached hydrogens (primary N) is 1. The van der Waals surface area contributed by atoms with Gasteiger partial charge < -0.3 is 15.5 Å². The summed E-state index contributed by atoms with van der Waals surface area (Å²) in [5, 5.41) is 0. The van der Waals surface area contributed by atoms with Gasteiger partial charge in [0.1, 0.15) is 0 Å². The second-order valence-corrected chi connectivity index (χ2v) is 5.37. The van der Waals surface area contributed by atoms with Crippen molar-refractivity contribution in [2.45, 2.75) is 26.3 Å². The van der Waals surface area contributed by atoms with Crippen molar-refractivity contribution < 1.29 is 4.79 Å². The van der Waals surface area contributed by atoms with Crippen LogP contribution < -0.4 is 5.73 Å². The van der Waals surface area contributed by atoms with Gasteiger partial charge >= 0.3 is 0 Å². The van der Waals surface area contributed by atoms with E-state index in [1.165, 1.54) is 0 Å². The summed E-state index contributed by atoms with van der Waals surface area (Å²) in [6, 6.07) is 0.273. The average molecular weight is 300 g/mol. The van der Waals surface area contributed by atoms with Gasteiger partial charge in [0.25, 0.3) is 0 Å². The summed E-state index contributed by atoms with van der Waals surface area (Å²) in [5.41, 5.74) is 6.10. The van der Waals surface area contributed by atoms with Crippen LogP contribution in [0.15, 0.2) is 0 Å². The van der Waals surface area contributed by atoms with E-state index in [2.05, 4.69) is 18.7 Å². The Bertz CT molecular complexity index is 249. The minimum Gasteiger partial charge on any atom is -0.349 e. The van der Waals surface area contributed by atoms with Gasteiger partial charge in [-0.05, 0) is 11.8 Å². The van der Waals surface area contributed by atoms with E-state index in [1.807, 2.05) is 0 Å². The van der Waals surface area contributed by atoms with Gasteiger partial charge in [0.15, 0.2) is 0 Å². The molecule has 6 heteroatoms. The third-order valence-corrected chi connectivity index (χ3v) is 3.48. The lowest BCUT2D eigenvalue weighted by Gasteiger charge is -2.19. The van der Waals surface area contributed by atoms with Crippen molar-refractivity contribution >= 4 is 30.7 Å². The fraction of sp³-hybridized carbons (Fsp3) is 0.917. The SMILES string of the molecule is CC(C)[C@H]1CN(CCC(=O)N(C)C)C[C@@H]1N.Cl.Cl. The Hall–Kier alpha value is -0.0300. The van der Waals surface area contributed by atoms with E-state index in [1.54, 1.807) is 19.0 Å². The number of halogens is 2. The van der Waals surface area contributed by atoms with Crippen LogP contribution in [-0.2, 0) is 4.79 Å². The first kappa shape index (κ1) is 20.3. The van der Waals surface area contributed by atoms with Crippen LogP contribution in [0.3, 0.4) is 0 Å².